The molecule has 1 radical (unpaired) electrons. The van der Waals surface area contributed by atoms with E-state index in [4.69, 9.17) is 5.26 Å². The summed E-state index contributed by atoms with van der Waals surface area (Å²) in [6.07, 6.45) is 0. The van der Waals surface area contributed by atoms with Crippen molar-refractivity contribution < 1.29 is 0 Å². The monoisotopic (exact) mass is 164 g/mol. The lowest BCUT2D eigenvalue weighted by Gasteiger charge is -1.38. The standard InChI is InChI=1S/CBIN/c3-2-1-4. The molecule has 1 nitrogen and oxygen atoms in total. The Balaban J connectivity index is 2.43. The molecular weight excluding hydrogens is 164 g/mol. The summed E-state index contributed by atoms with van der Waals surface area (Å²) < 4.78 is 0. The van der Waals surface area contributed by atoms with Crippen molar-refractivity contribution in [2.75, 3.05) is 0 Å². The van der Waals surface area contributed by atoms with E-state index in [1.807, 2.05) is 22.4 Å². The third-order valence-corrected chi connectivity index (χ3v) is 0.327. The van der Waals surface area contributed by atoms with Crippen LogP contribution in [0, 0.1) is 11.2 Å². The van der Waals surface area contributed by atoms with E-state index in [1.165, 1.54) is 5.14 Å². The molecule has 0 spiro atoms. The first-order chi connectivity index (χ1) is 1.91. The maximum absolute atomic E-state index is 7.56. The predicted molar refractivity (Wildman–Crippen MR) is 25.4 cm³/mol. The molecule has 19 valence electrons. The zero-order valence-corrected chi connectivity index (χ0v) is 4.06. The lowest BCUT2D eigenvalue weighted by molar-refractivity contribution is 1.56. The molecule has 0 atom stereocenters. The minimum absolute atomic E-state index is 1.40. The summed E-state index contributed by atoms with van der Waals surface area (Å²) in [6.45, 7) is 0. The average molecular weight is 164 g/mol. The van der Waals surface area contributed by atoms with Gasteiger partial charge in [-0.2, -0.15) is 0 Å². The quantitative estimate of drug-likeness (QED) is 0.378. The molecule has 0 aromatic carbocycles. The summed E-state index contributed by atoms with van der Waals surface area (Å²) in [5.41, 5.74) is 0. The zero-order valence-electron chi connectivity index (χ0n) is 1.90. The van der Waals surface area contributed by atoms with Gasteiger partial charge in [0.05, 0.1) is 0 Å². The van der Waals surface area contributed by atoms with Crippen LogP contribution in [0.4, 0.5) is 0 Å². The first kappa shape index (κ1) is 4.28. The van der Waals surface area contributed by atoms with E-state index in [0.717, 1.165) is 0 Å². The molecule has 0 aliphatic heterocycles. The lowest BCUT2D eigenvalue weighted by atomic mass is 10.2. The molecule has 0 unspecified atom stereocenters. The van der Waals surface area contributed by atoms with Gasteiger partial charge in [0.15, 0.2) is 0 Å². The van der Waals surface area contributed by atoms with Crippen molar-refractivity contribution in [1.29, 1.82) is 5.26 Å². The van der Waals surface area contributed by atoms with Crippen LogP contribution >= 0.6 is 22.4 Å². The fourth-order valence-corrected chi connectivity index (χ4v) is 0. The number of rotatable bonds is 0. The van der Waals surface area contributed by atoms with Gasteiger partial charge in [0.2, 0.25) is 0 Å². The van der Waals surface area contributed by atoms with Gasteiger partial charge < -0.3 is 0 Å². The first-order valence-electron chi connectivity index (χ1n) is 0.730. The molecule has 0 saturated heterocycles. The van der Waals surface area contributed by atoms with Crippen LogP contribution in [0.3, 0.4) is 0 Å². The molecule has 0 aliphatic carbocycles. The van der Waals surface area contributed by atoms with Crippen molar-refractivity contribution in [1.82, 2.24) is 0 Å². The van der Waals surface area contributed by atoms with Crippen LogP contribution < -0.4 is 0 Å². The van der Waals surface area contributed by atoms with E-state index in [0.29, 0.717) is 0 Å². The van der Waals surface area contributed by atoms with Crippen LogP contribution in [0.25, 0.3) is 0 Å². The molecule has 0 bridgehead atoms. The largest absolute Gasteiger partial charge is 0.337 e. The van der Waals surface area contributed by atoms with Crippen LogP contribution in [0.15, 0.2) is 0 Å². The van der Waals surface area contributed by atoms with Crippen LogP contribution in [0.1, 0.15) is 0 Å². The Bertz CT molecular complexity index is 37.8. The summed E-state index contributed by atoms with van der Waals surface area (Å²) in [5, 5.41) is 8.96. The van der Waals surface area contributed by atoms with Crippen molar-refractivity contribution in [3.8, 4) is 5.97 Å². The Morgan fingerprint density at radius 2 is 2.25 bits per heavy atom. The minimum Gasteiger partial charge on any atom is -0.212 e. The Morgan fingerprint density at radius 1 is 2.00 bits per heavy atom. The van der Waals surface area contributed by atoms with Gasteiger partial charge in [-0.25, -0.2) is 5.26 Å². The second kappa shape index (κ2) is 3.28. The molecular formula is CBIN. The first-order valence-corrected chi connectivity index (χ1v) is 1.98. The Hall–Kier alpha value is 0.285. The van der Waals surface area contributed by atoms with E-state index < -0.39 is 0 Å². The molecule has 0 rings (SSSR count). The van der Waals surface area contributed by atoms with Crippen LogP contribution in [0.2, 0.25) is 0 Å². The summed E-state index contributed by atoms with van der Waals surface area (Å²) in [4.78, 5) is 0. The highest BCUT2D eigenvalue weighted by molar-refractivity contribution is 14.1. The maximum Gasteiger partial charge on any atom is 0.337 e. The van der Waals surface area contributed by atoms with Gasteiger partial charge in [-0.3, -0.25) is 0 Å². The van der Waals surface area contributed by atoms with E-state index in [9.17, 15) is 0 Å². The molecule has 0 aromatic heterocycles. The van der Waals surface area contributed by atoms with Crippen molar-refractivity contribution in [3.05, 3.63) is 0 Å². The molecule has 0 saturated carbocycles. The molecule has 0 amide bonds. The highest BCUT2D eigenvalue weighted by Gasteiger charge is 1.61. The molecule has 0 N–H and O–H groups in total. The van der Waals surface area contributed by atoms with Gasteiger partial charge in [-0.15, -0.1) is 22.4 Å². The summed E-state index contributed by atoms with van der Waals surface area (Å²) in [7, 11) is 0. The molecule has 4 heavy (non-hydrogen) atoms. The third-order valence-electron chi connectivity index (χ3n) is 0.0488. The maximum atomic E-state index is 7.56. The van der Waals surface area contributed by atoms with Crippen LogP contribution in [-0.2, 0) is 0 Å². The topological polar surface area (TPSA) is 23.8 Å². The fraction of sp³-hybridized carbons (Fsp3) is 0. The summed E-state index contributed by atoms with van der Waals surface area (Å²) in [6, 6.07) is 0. The second-order valence-electron chi connectivity index (χ2n) is 0.238. The molecule has 0 heterocycles. The van der Waals surface area contributed by atoms with Gasteiger partial charge in [-0.1, -0.05) is 0 Å². The number of halogens is 1. The highest BCUT2D eigenvalue weighted by atomic mass is 127. The van der Waals surface area contributed by atoms with Gasteiger partial charge in [0.1, 0.15) is 0 Å². The van der Waals surface area contributed by atoms with Gasteiger partial charge in [0, 0.05) is 5.97 Å². The summed E-state index contributed by atoms with van der Waals surface area (Å²) >= 11 is 1.87. The molecule has 3 heteroatoms. The normalized spacial score (nSPS) is 4.00. The van der Waals surface area contributed by atoms with E-state index in [-0.39, 0.29) is 0 Å². The van der Waals surface area contributed by atoms with Gasteiger partial charge in [0.25, 0.3) is 0 Å². The van der Waals surface area contributed by atoms with Crippen molar-refractivity contribution in [3.63, 3.8) is 0 Å². The number of nitrogens with zero attached hydrogens (tertiary/aromatic N) is 1. The second-order valence-corrected chi connectivity index (χ2v) is 0.861. The Kier molecular flexibility index (Phi) is 3.52. The van der Waals surface area contributed by atoms with Gasteiger partial charge in [-0.05, 0) is 0 Å². The molecule has 0 fully saturated rings. The Labute approximate surface area is 39.1 Å². The molecule has 0 aromatic rings. The number of hydrogen-bond donors (Lipinski definition) is 0. The van der Waals surface area contributed by atoms with E-state index >= 15 is 0 Å². The number of hydrogen-bond acceptors (Lipinski definition) is 1. The van der Waals surface area contributed by atoms with E-state index in [1.54, 1.807) is 5.97 Å². The van der Waals surface area contributed by atoms with Crippen molar-refractivity contribution in [2.24, 2.45) is 0 Å². The van der Waals surface area contributed by atoms with Crippen molar-refractivity contribution in [2.45, 2.75) is 0 Å². The fourth-order valence-electron chi connectivity index (χ4n) is 0. The summed E-state index contributed by atoms with van der Waals surface area (Å²) in [5.74, 6) is 1.79. The highest BCUT2D eigenvalue weighted by Crippen LogP contribution is 1.64. The zero-order chi connectivity index (χ0) is 3.41. The predicted octanol–water partition coefficient (Wildman–Crippen LogP) is 0.522. The smallest absolute Gasteiger partial charge is 0.212 e. The van der Waals surface area contributed by atoms with Gasteiger partial charge >= 0.3 is 5.14 Å². The Morgan fingerprint density at radius 3 is 2.25 bits per heavy atom. The van der Waals surface area contributed by atoms with Crippen LogP contribution in [0.5, 0.6) is 0 Å². The van der Waals surface area contributed by atoms with E-state index in [2.05, 4.69) is 0 Å². The minimum atomic E-state index is 1.40. The van der Waals surface area contributed by atoms with Crippen LogP contribution in [-0.4, -0.2) is 5.14 Å². The SMILES string of the molecule is N#C[B]I. The average Bonchev–Trinajstić information content (AvgIpc) is 1.37. The number of nitriles is 1. The van der Waals surface area contributed by atoms with Crippen molar-refractivity contribution >= 4 is 27.5 Å². The lowest BCUT2D eigenvalue weighted by Crippen LogP contribution is -1.54. The third kappa shape index (κ3) is 2.28. The molecule has 0 aliphatic rings.